The van der Waals surface area contributed by atoms with Crippen molar-refractivity contribution in [3.05, 3.63) is 90.3 Å². The van der Waals surface area contributed by atoms with Gasteiger partial charge in [-0.25, -0.2) is 0 Å². The van der Waals surface area contributed by atoms with Gasteiger partial charge in [-0.3, -0.25) is 14.7 Å². The van der Waals surface area contributed by atoms with Gasteiger partial charge in [-0.15, -0.1) is 0 Å². The van der Waals surface area contributed by atoms with Crippen LogP contribution in [0.15, 0.2) is 79.1 Å². The van der Waals surface area contributed by atoms with Gasteiger partial charge in [0.25, 0.3) is 5.91 Å². The summed E-state index contributed by atoms with van der Waals surface area (Å²) in [7, 11) is 0. The number of morpholine rings is 1. The average molecular weight is 432 g/mol. The van der Waals surface area contributed by atoms with E-state index in [1.807, 2.05) is 71.6 Å². The van der Waals surface area contributed by atoms with Gasteiger partial charge >= 0.3 is 0 Å². The molecule has 1 amide bonds. The Morgan fingerprint density at radius 3 is 2.34 bits per heavy atom. The first kappa shape index (κ1) is 22.0. The van der Waals surface area contributed by atoms with Crippen LogP contribution in [-0.2, 0) is 11.3 Å². The molecule has 4 rings (SSSR count). The molecule has 3 aromatic rings. The number of aromatic nitrogens is 1. The van der Waals surface area contributed by atoms with Crippen LogP contribution in [0.3, 0.4) is 0 Å². The summed E-state index contributed by atoms with van der Waals surface area (Å²) in [5.41, 5.74) is 1.73. The Balaban J connectivity index is 1.41. The van der Waals surface area contributed by atoms with Crippen molar-refractivity contribution in [2.24, 2.45) is 0 Å². The van der Waals surface area contributed by atoms with Gasteiger partial charge in [-0.1, -0.05) is 18.2 Å². The van der Waals surface area contributed by atoms with E-state index in [1.165, 1.54) is 0 Å². The number of carbonyl (C=O) groups is 1. The van der Waals surface area contributed by atoms with Crippen LogP contribution in [0.4, 0.5) is 0 Å². The van der Waals surface area contributed by atoms with Crippen molar-refractivity contribution in [3.8, 4) is 11.5 Å². The third kappa shape index (κ3) is 6.39. The molecule has 1 aliphatic rings. The minimum Gasteiger partial charge on any atom is -0.457 e. The molecule has 0 saturated carbocycles. The zero-order valence-corrected chi connectivity index (χ0v) is 18.2. The number of carbonyl (C=O) groups excluding carboxylic acids is 1. The molecule has 0 aliphatic carbocycles. The molecule has 0 bridgehead atoms. The van der Waals surface area contributed by atoms with E-state index in [4.69, 9.17) is 9.47 Å². The number of rotatable bonds is 9. The third-order valence-corrected chi connectivity index (χ3v) is 5.50. The van der Waals surface area contributed by atoms with Gasteiger partial charge in [-0.2, -0.15) is 0 Å². The highest BCUT2D eigenvalue weighted by Crippen LogP contribution is 2.22. The highest BCUT2D eigenvalue weighted by Gasteiger charge is 2.17. The van der Waals surface area contributed by atoms with Gasteiger partial charge in [0.05, 0.1) is 13.2 Å². The molecule has 6 heteroatoms. The lowest BCUT2D eigenvalue weighted by Gasteiger charge is -2.28. The fourth-order valence-electron chi connectivity index (χ4n) is 3.74. The molecule has 1 fully saturated rings. The van der Waals surface area contributed by atoms with Gasteiger partial charge in [0, 0.05) is 50.7 Å². The highest BCUT2D eigenvalue weighted by molar-refractivity contribution is 5.94. The molecule has 0 unspecified atom stereocenters. The van der Waals surface area contributed by atoms with E-state index in [9.17, 15) is 4.79 Å². The van der Waals surface area contributed by atoms with E-state index in [0.29, 0.717) is 24.4 Å². The lowest BCUT2D eigenvalue weighted by Crippen LogP contribution is -2.39. The summed E-state index contributed by atoms with van der Waals surface area (Å²) in [6.07, 6.45) is 4.45. The second-order valence-corrected chi connectivity index (χ2v) is 7.83. The third-order valence-electron chi connectivity index (χ3n) is 5.50. The molecule has 0 radical (unpaired) electrons. The number of hydrogen-bond acceptors (Lipinski definition) is 5. The summed E-state index contributed by atoms with van der Waals surface area (Å²) in [5, 5.41) is 0. The van der Waals surface area contributed by atoms with Crippen LogP contribution in [0.25, 0.3) is 0 Å². The normalized spacial score (nSPS) is 14.1. The number of hydrogen-bond donors (Lipinski definition) is 0. The molecular formula is C26H29N3O3. The molecule has 1 aromatic heterocycles. The molecular weight excluding hydrogens is 402 g/mol. The number of ether oxygens (including phenoxy) is 2. The van der Waals surface area contributed by atoms with Gasteiger partial charge in [-0.05, 0) is 60.5 Å². The van der Waals surface area contributed by atoms with Gasteiger partial charge < -0.3 is 14.4 Å². The molecule has 6 nitrogen and oxygen atoms in total. The quantitative estimate of drug-likeness (QED) is 0.507. The predicted molar refractivity (Wildman–Crippen MR) is 124 cm³/mol. The number of para-hydroxylation sites is 1. The minimum atomic E-state index is 0.0232. The van der Waals surface area contributed by atoms with Crippen LogP contribution in [-0.4, -0.2) is 60.1 Å². The fourth-order valence-corrected chi connectivity index (χ4v) is 3.74. The van der Waals surface area contributed by atoms with Crippen LogP contribution in [0.1, 0.15) is 22.3 Å². The Labute approximate surface area is 189 Å². The van der Waals surface area contributed by atoms with E-state index in [2.05, 4.69) is 9.88 Å². The Morgan fingerprint density at radius 2 is 1.62 bits per heavy atom. The van der Waals surface area contributed by atoms with Gasteiger partial charge in [0.1, 0.15) is 11.5 Å². The molecule has 0 N–H and O–H groups in total. The molecule has 1 saturated heterocycles. The van der Waals surface area contributed by atoms with Crippen molar-refractivity contribution < 1.29 is 14.3 Å². The first-order valence-electron chi connectivity index (χ1n) is 11.1. The summed E-state index contributed by atoms with van der Waals surface area (Å²) in [5.74, 6) is 1.50. The lowest BCUT2D eigenvalue weighted by molar-refractivity contribution is 0.0355. The summed E-state index contributed by atoms with van der Waals surface area (Å²) in [6, 6.07) is 20.9. The van der Waals surface area contributed by atoms with Crippen molar-refractivity contribution in [2.45, 2.75) is 13.0 Å². The van der Waals surface area contributed by atoms with Crippen LogP contribution in [0.5, 0.6) is 11.5 Å². The number of benzene rings is 2. The smallest absolute Gasteiger partial charge is 0.254 e. The SMILES string of the molecule is O=C(c1ccc(Oc2ccccc2)cc1)N(CCCN1CCOCC1)Cc1ccncc1. The maximum atomic E-state index is 13.3. The molecule has 0 spiro atoms. The molecule has 166 valence electrons. The first-order chi connectivity index (χ1) is 15.8. The summed E-state index contributed by atoms with van der Waals surface area (Å²) < 4.78 is 11.3. The van der Waals surface area contributed by atoms with Crippen molar-refractivity contribution in [1.82, 2.24) is 14.8 Å². The number of pyridine rings is 1. The van der Waals surface area contributed by atoms with Gasteiger partial charge in [0.2, 0.25) is 0 Å². The molecule has 1 aliphatic heterocycles. The maximum absolute atomic E-state index is 13.3. The van der Waals surface area contributed by atoms with E-state index < -0.39 is 0 Å². The zero-order chi connectivity index (χ0) is 22.0. The standard InChI is InChI=1S/C26H29N3O3/c30-26(23-7-9-25(10-8-23)32-24-5-2-1-3-6-24)29(21-22-11-13-27-14-12-22)16-4-15-28-17-19-31-20-18-28/h1-3,5-14H,4,15-21H2. The fraction of sp³-hybridized carbons (Fsp3) is 0.308. The largest absolute Gasteiger partial charge is 0.457 e. The van der Waals surface area contributed by atoms with Crippen LogP contribution in [0.2, 0.25) is 0 Å². The monoisotopic (exact) mass is 431 g/mol. The predicted octanol–water partition coefficient (Wildman–Crippen LogP) is 4.24. The zero-order valence-electron chi connectivity index (χ0n) is 18.2. The second kappa shape index (κ2) is 11.4. The Bertz CT molecular complexity index is 959. The number of amides is 1. The summed E-state index contributed by atoms with van der Waals surface area (Å²) in [4.78, 5) is 21.7. The maximum Gasteiger partial charge on any atom is 0.254 e. The molecule has 32 heavy (non-hydrogen) atoms. The minimum absolute atomic E-state index is 0.0232. The van der Waals surface area contributed by atoms with E-state index in [-0.39, 0.29) is 5.91 Å². The Morgan fingerprint density at radius 1 is 0.938 bits per heavy atom. The van der Waals surface area contributed by atoms with Crippen LogP contribution >= 0.6 is 0 Å². The average Bonchev–Trinajstić information content (AvgIpc) is 2.85. The van der Waals surface area contributed by atoms with E-state index >= 15 is 0 Å². The molecule has 0 atom stereocenters. The van der Waals surface area contributed by atoms with Crippen molar-refractivity contribution >= 4 is 5.91 Å². The second-order valence-electron chi connectivity index (χ2n) is 7.83. The molecule has 2 heterocycles. The Kier molecular flexibility index (Phi) is 7.84. The number of nitrogens with zero attached hydrogens (tertiary/aromatic N) is 3. The van der Waals surface area contributed by atoms with Crippen LogP contribution < -0.4 is 4.74 Å². The summed E-state index contributed by atoms with van der Waals surface area (Å²) >= 11 is 0. The summed E-state index contributed by atoms with van der Waals surface area (Å²) in [6.45, 7) is 5.72. The van der Waals surface area contributed by atoms with Crippen molar-refractivity contribution in [2.75, 3.05) is 39.4 Å². The lowest BCUT2D eigenvalue weighted by atomic mass is 10.1. The van der Waals surface area contributed by atoms with Crippen LogP contribution in [0, 0.1) is 0 Å². The van der Waals surface area contributed by atoms with Crippen molar-refractivity contribution in [3.63, 3.8) is 0 Å². The first-order valence-corrected chi connectivity index (χ1v) is 11.1. The topological polar surface area (TPSA) is 54.9 Å². The van der Waals surface area contributed by atoms with E-state index in [1.54, 1.807) is 12.4 Å². The van der Waals surface area contributed by atoms with Crippen molar-refractivity contribution in [1.29, 1.82) is 0 Å². The Hall–Kier alpha value is -3.22. The highest BCUT2D eigenvalue weighted by atomic mass is 16.5. The van der Waals surface area contributed by atoms with Gasteiger partial charge in [0.15, 0.2) is 0 Å². The molecule has 2 aromatic carbocycles. The van der Waals surface area contributed by atoms with E-state index in [0.717, 1.165) is 50.6 Å².